The molecule has 0 amide bonds. The van der Waals surface area contributed by atoms with E-state index in [1.54, 1.807) is 0 Å². The van der Waals surface area contributed by atoms with E-state index in [1.165, 1.54) is 43.2 Å². The summed E-state index contributed by atoms with van der Waals surface area (Å²) in [7, 11) is 0. The Morgan fingerprint density at radius 1 is 1.05 bits per heavy atom. The molecule has 3 saturated carbocycles. The zero-order valence-electron chi connectivity index (χ0n) is 12.8. The van der Waals surface area contributed by atoms with Crippen molar-refractivity contribution in [2.75, 3.05) is 0 Å². The standard InChI is InChI=1S/C19H27N/c1-12-6-3-4-7-15(12)13(2)20-19-11-14-10-18(19)17-9-5-8-16(14)17/h3-4,6-7,13-14,16-20H,5,8-11H2,1-2H3. The highest BCUT2D eigenvalue weighted by Gasteiger charge is 2.53. The molecule has 1 nitrogen and oxygen atoms in total. The molecule has 1 aromatic rings. The van der Waals surface area contributed by atoms with Crippen LogP contribution in [0.4, 0.5) is 0 Å². The van der Waals surface area contributed by atoms with Crippen molar-refractivity contribution in [3.05, 3.63) is 35.4 Å². The van der Waals surface area contributed by atoms with Gasteiger partial charge in [0, 0.05) is 12.1 Å². The molecule has 0 saturated heterocycles. The summed E-state index contributed by atoms with van der Waals surface area (Å²) in [4.78, 5) is 0. The molecule has 3 aliphatic rings. The van der Waals surface area contributed by atoms with Gasteiger partial charge in [-0.3, -0.25) is 0 Å². The highest BCUT2D eigenvalue weighted by atomic mass is 15.0. The molecule has 0 radical (unpaired) electrons. The fourth-order valence-electron chi connectivity index (χ4n) is 5.74. The summed E-state index contributed by atoms with van der Waals surface area (Å²) in [5.74, 6) is 4.20. The first-order chi connectivity index (χ1) is 9.74. The van der Waals surface area contributed by atoms with Crippen molar-refractivity contribution in [1.29, 1.82) is 0 Å². The van der Waals surface area contributed by atoms with Crippen molar-refractivity contribution >= 4 is 0 Å². The quantitative estimate of drug-likeness (QED) is 0.853. The fourth-order valence-corrected chi connectivity index (χ4v) is 5.74. The van der Waals surface area contributed by atoms with Gasteiger partial charge < -0.3 is 5.32 Å². The number of aryl methyl sites for hydroxylation is 1. The molecule has 4 rings (SSSR count). The van der Waals surface area contributed by atoms with Crippen LogP contribution in [0.5, 0.6) is 0 Å². The van der Waals surface area contributed by atoms with E-state index in [1.807, 2.05) is 0 Å². The first-order valence-corrected chi connectivity index (χ1v) is 8.55. The van der Waals surface area contributed by atoms with Crippen LogP contribution in [-0.2, 0) is 0 Å². The molecule has 20 heavy (non-hydrogen) atoms. The molecule has 108 valence electrons. The second-order valence-corrected chi connectivity index (χ2v) is 7.51. The topological polar surface area (TPSA) is 12.0 Å². The van der Waals surface area contributed by atoms with Crippen molar-refractivity contribution in [2.45, 2.75) is 58.0 Å². The molecule has 6 unspecified atom stereocenters. The number of benzene rings is 1. The molecule has 3 fully saturated rings. The lowest BCUT2D eigenvalue weighted by atomic mass is 9.79. The molecular weight excluding hydrogens is 242 g/mol. The van der Waals surface area contributed by atoms with E-state index in [-0.39, 0.29) is 0 Å². The summed E-state index contributed by atoms with van der Waals surface area (Å²) < 4.78 is 0. The lowest BCUT2D eigenvalue weighted by Crippen LogP contribution is -2.40. The average molecular weight is 269 g/mol. The molecule has 1 heteroatoms. The third kappa shape index (κ3) is 1.94. The Hall–Kier alpha value is -0.820. The summed E-state index contributed by atoms with van der Waals surface area (Å²) >= 11 is 0. The Bertz CT molecular complexity index is 494. The van der Waals surface area contributed by atoms with Gasteiger partial charge in [-0.2, -0.15) is 0 Å². The van der Waals surface area contributed by atoms with Gasteiger partial charge in [0.15, 0.2) is 0 Å². The minimum absolute atomic E-state index is 0.500. The fraction of sp³-hybridized carbons (Fsp3) is 0.684. The predicted molar refractivity (Wildman–Crippen MR) is 83.6 cm³/mol. The molecular formula is C19H27N. The summed E-state index contributed by atoms with van der Waals surface area (Å²) in [6.07, 6.45) is 7.52. The van der Waals surface area contributed by atoms with Gasteiger partial charge in [-0.05, 0) is 74.3 Å². The largest absolute Gasteiger partial charge is 0.307 e. The maximum atomic E-state index is 3.98. The molecule has 0 heterocycles. The molecule has 0 aromatic heterocycles. The summed E-state index contributed by atoms with van der Waals surface area (Å²) in [6.45, 7) is 4.59. The van der Waals surface area contributed by atoms with Crippen molar-refractivity contribution in [2.24, 2.45) is 23.7 Å². The minimum atomic E-state index is 0.500. The van der Waals surface area contributed by atoms with E-state index in [0.29, 0.717) is 6.04 Å². The summed E-state index contributed by atoms with van der Waals surface area (Å²) in [5.41, 5.74) is 2.91. The van der Waals surface area contributed by atoms with Crippen LogP contribution in [0.3, 0.4) is 0 Å². The Kier molecular flexibility index (Phi) is 3.14. The Balaban J connectivity index is 1.47. The van der Waals surface area contributed by atoms with Crippen LogP contribution in [0.25, 0.3) is 0 Å². The van der Waals surface area contributed by atoms with Crippen LogP contribution < -0.4 is 5.32 Å². The molecule has 6 atom stereocenters. The number of nitrogens with one attached hydrogen (secondary N) is 1. The van der Waals surface area contributed by atoms with Crippen molar-refractivity contribution in [3.63, 3.8) is 0 Å². The van der Waals surface area contributed by atoms with Crippen molar-refractivity contribution in [1.82, 2.24) is 5.32 Å². The predicted octanol–water partition coefficient (Wildman–Crippen LogP) is 4.47. The lowest BCUT2D eigenvalue weighted by Gasteiger charge is -2.34. The lowest BCUT2D eigenvalue weighted by molar-refractivity contribution is 0.200. The third-order valence-electron chi connectivity index (χ3n) is 6.55. The highest BCUT2D eigenvalue weighted by Crippen LogP contribution is 2.58. The van der Waals surface area contributed by atoms with E-state index in [0.717, 1.165) is 29.7 Å². The normalized spacial score (nSPS) is 40.0. The van der Waals surface area contributed by atoms with Gasteiger partial charge in [0.1, 0.15) is 0 Å². The zero-order chi connectivity index (χ0) is 13.7. The van der Waals surface area contributed by atoms with Crippen LogP contribution in [0.1, 0.15) is 56.2 Å². The Morgan fingerprint density at radius 3 is 2.70 bits per heavy atom. The molecule has 3 aliphatic carbocycles. The SMILES string of the molecule is Cc1ccccc1C(C)NC1CC2CC1C1CCCC21. The van der Waals surface area contributed by atoms with Gasteiger partial charge in [0.05, 0.1) is 0 Å². The smallest absolute Gasteiger partial charge is 0.0297 e. The number of hydrogen-bond donors (Lipinski definition) is 1. The van der Waals surface area contributed by atoms with Crippen LogP contribution in [0.15, 0.2) is 24.3 Å². The molecule has 2 bridgehead atoms. The maximum absolute atomic E-state index is 3.98. The first-order valence-electron chi connectivity index (χ1n) is 8.55. The van der Waals surface area contributed by atoms with Gasteiger partial charge in [-0.1, -0.05) is 30.7 Å². The van der Waals surface area contributed by atoms with E-state index in [9.17, 15) is 0 Å². The average Bonchev–Trinajstić information content (AvgIpc) is 3.10. The molecule has 1 N–H and O–H groups in total. The van der Waals surface area contributed by atoms with Gasteiger partial charge in [-0.25, -0.2) is 0 Å². The third-order valence-corrected chi connectivity index (χ3v) is 6.55. The minimum Gasteiger partial charge on any atom is -0.307 e. The van der Waals surface area contributed by atoms with Gasteiger partial charge >= 0.3 is 0 Å². The van der Waals surface area contributed by atoms with Crippen LogP contribution >= 0.6 is 0 Å². The molecule has 0 aliphatic heterocycles. The summed E-state index contributed by atoms with van der Waals surface area (Å²) in [5, 5.41) is 3.98. The van der Waals surface area contributed by atoms with Crippen LogP contribution in [0.2, 0.25) is 0 Å². The van der Waals surface area contributed by atoms with Gasteiger partial charge in [-0.15, -0.1) is 0 Å². The second kappa shape index (κ2) is 4.87. The highest BCUT2D eigenvalue weighted by molar-refractivity contribution is 5.28. The molecule has 1 aromatic carbocycles. The second-order valence-electron chi connectivity index (χ2n) is 7.51. The van der Waals surface area contributed by atoms with Crippen LogP contribution in [0, 0.1) is 30.6 Å². The van der Waals surface area contributed by atoms with Crippen LogP contribution in [-0.4, -0.2) is 6.04 Å². The number of rotatable bonds is 3. The van der Waals surface area contributed by atoms with Crippen molar-refractivity contribution in [3.8, 4) is 0 Å². The maximum Gasteiger partial charge on any atom is 0.0297 e. The van der Waals surface area contributed by atoms with Gasteiger partial charge in [0.25, 0.3) is 0 Å². The zero-order valence-corrected chi connectivity index (χ0v) is 12.8. The van der Waals surface area contributed by atoms with Crippen molar-refractivity contribution < 1.29 is 0 Å². The number of hydrogen-bond acceptors (Lipinski definition) is 1. The van der Waals surface area contributed by atoms with Gasteiger partial charge in [0.2, 0.25) is 0 Å². The Labute approximate surface area is 123 Å². The Morgan fingerprint density at radius 2 is 1.85 bits per heavy atom. The first kappa shape index (κ1) is 12.9. The van der Waals surface area contributed by atoms with E-state index >= 15 is 0 Å². The monoisotopic (exact) mass is 269 g/mol. The number of fused-ring (bicyclic) bond motifs is 5. The van der Waals surface area contributed by atoms with E-state index in [2.05, 4.69) is 43.4 Å². The van der Waals surface area contributed by atoms with E-state index < -0.39 is 0 Å². The van der Waals surface area contributed by atoms with E-state index in [4.69, 9.17) is 0 Å². The summed E-state index contributed by atoms with van der Waals surface area (Å²) in [6, 6.07) is 10.1. The molecule has 0 spiro atoms.